The van der Waals surface area contributed by atoms with Gasteiger partial charge in [0.2, 0.25) is 0 Å². The number of hydrogen-bond acceptors (Lipinski definition) is 3. The molecular formula is C23H27NO3. The van der Waals surface area contributed by atoms with Crippen LogP contribution in [0.1, 0.15) is 54.1 Å². The number of piperidine rings is 1. The quantitative estimate of drug-likeness (QED) is 0.887. The summed E-state index contributed by atoms with van der Waals surface area (Å²) in [4.78, 5) is 15.3. The number of benzene rings is 2. The van der Waals surface area contributed by atoms with Crippen molar-refractivity contribution in [2.24, 2.45) is 5.92 Å². The third kappa shape index (κ3) is 3.34. The maximum absolute atomic E-state index is 13.3. The molecule has 0 spiro atoms. The molecule has 2 aromatic rings. The number of carbonyl (C=O) groups is 1. The highest BCUT2D eigenvalue weighted by molar-refractivity contribution is 5.94. The van der Waals surface area contributed by atoms with Crippen molar-refractivity contribution in [2.45, 2.75) is 43.7 Å². The second kappa shape index (κ2) is 7.35. The van der Waals surface area contributed by atoms with Crippen LogP contribution in [0.2, 0.25) is 0 Å². The van der Waals surface area contributed by atoms with Gasteiger partial charge in [0.15, 0.2) is 0 Å². The van der Waals surface area contributed by atoms with Crippen molar-refractivity contribution in [1.82, 2.24) is 4.90 Å². The fourth-order valence-corrected chi connectivity index (χ4v) is 4.87. The summed E-state index contributed by atoms with van der Waals surface area (Å²) in [7, 11) is 1.65. The fraction of sp³-hybridized carbons (Fsp3) is 0.435. The zero-order valence-corrected chi connectivity index (χ0v) is 15.8. The van der Waals surface area contributed by atoms with E-state index < -0.39 is 5.60 Å². The molecule has 2 aliphatic rings. The fourth-order valence-electron chi connectivity index (χ4n) is 4.87. The first-order chi connectivity index (χ1) is 13.1. The molecule has 1 aliphatic carbocycles. The van der Waals surface area contributed by atoms with Crippen LogP contribution in [0, 0.1) is 5.92 Å². The maximum atomic E-state index is 13.3. The second-order valence-corrected chi connectivity index (χ2v) is 7.79. The number of carbonyl (C=O) groups excluding carboxylic acids is 1. The third-order valence-corrected chi connectivity index (χ3v) is 6.31. The van der Waals surface area contributed by atoms with Gasteiger partial charge in [0.25, 0.3) is 5.91 Å². The summed E-state index contributed by atoms with van der Waals surface area (Å²) in [5.74, 6) is 0.916. The summed E-state index contributed by atoms with van der Waals surface area (Å²) >= 11 is 0. The number of aliphatic hydroxyl groups is 1. The molecule has 0 bridgehead atoms. The van der Waals surface area contributed by atoms with Crippen molar-refractivity contribution in [3.05, 3.63) is 65.7 Å². The van der Waals surface area contributed by atoms with E-state index in [0.717, 1.165) is 37.0 Å². The Morgan fingerprint density at radius 2 is 1.81 bits per heavy atom. The van der Waals surface area contributed by atoms with Gasteiger partial charge in [-0.3, -0.25) is 4.79 Å². The van der Waals surface area contributed by atoms with Crippen LogP contribution in [-0.2, 0) is 0 Å². The molecule has 2 aromatic carbocycles. The Balaban J connectivity index is 1.73. The van der Waals surface area contributed by atoms with E-state index >= 15 is 0 Å². The molecule has 1 saturated carbocycles. The number of methoxy groups -OCH3 is 1. The van der Waals surface area contributed by atoms with Crippen LogP contribution in [0.3, 0.4) is 0 Å². The largest absolute Gasteiger partial charge is 0.497 e. The van der Waals surface area contributed by atoms with Crippen LogP contribution in [0.25, 0.3) is 0 Å². The average molecular weight is 365 g/mol. The van der Waals surface area contributed by atoms with E-state index in [1.54, 1.807) is 7.11 Å². The summed E-state index contributed by atoms with van der Waals surface area (Å²) < 4.78 is 5.30. The van der Waals surface area contributed by atoms with Gasteiger partial charge < -0.3 is 14.7 Å². The summed E-state index contributed by atoms with van der Waals surface area (Å²) in [6.45, 7) is 0.581. The molecule has 1 heterocycles. The molecule has 2 fully saturated rings. The molecule has 0 aromatic heterocycles. The molecule has 0 radical (unpaired) electrons. The maximum Gasteiger partial charge on any atom is 0.254 e. The SMILES string of the molecule is COc1ccc([C@H]2[C@@H]3CCCC[C@]3(O)CCN2C(=O)c2ccccc2)cc1. The lowest BCUT2D eigenvalue weighted by molar-refractivity contribution is -0.115. The highest BCUT2D eigenvalue weighted by Crippen LogP contribution is 2.49. The van der Waals surface area contributed by atoms with Crippen LogP contribution in [0.15, 0.2) is 54.6 Å². The van der Waals surface area contributed by atoms with Gasteiger partial charge in [-0.05, 0) is 49.1 Å². The number of hydrogen-bond donors (Lipinski definition) is 1. The van der Waals surface area contributed by atoms with E-state index in [0.29, 0.717) is 18.5 Å². The first-order valence-electron chi connectivity index (χ1n) is 9.85. The van der Waals surface area contributed by atoms with Gasteiger partial charge in [-0.2, -0.15) is 0 Å². The van der Waals surface area contributed by atoms with Crippen LogP contribution < -0.4 is 4.74 Å². The predicted octanol–water partition coefficient (Wildman–Crippen LogP) is 4.20. The molecule has 1 amide bonds. The topological polar surface area (TPSA) is 49.8 Å². The van der Waals surface area contributed by atoms with Gasteiger partial charge in [0.05, 0.1) is 18.8 Å². The van der Waals surface area contributed by atoms with E-state index in [-0.39, 0.29) is 17.9 Å². The normalized spacial score (nSPS) is 27.7. The molecule has 27 heavy (non-hydrogen) atoms. The lowest BCUT2D eigenvalue weighted by Gasteiger charge is -2.52. The zero-order chi connectivity index (χ0) is 18.9. The Morgan fingerprint density at radius 1 is 1.07 bits per heavy atom. The van der Waals surface area contributed by atoms with Crippen LogP contribution in [-0.4, -0.2) is 35.2 Å². The molecule has 1 aliphatic heterocycles. The minimum absolute atomic E-state index is 0.0454. The van der Waals surface area contributed by atoms with Crippen LogP contribution >= 0.6 is 0 Å². The zero-order valence-electron chi connectivity index (χ0n) is 15.8. The van der Waals surface area contributed by atoms with Crippen molar-refractivity contribution in [1.29, 1.82) is 0 Å². The van der Waals surface area contributed by atoms with E-state index in [4.69, 9.17) is 4.74 Å². The predicted molar refractivity (Wildman–Crippen MR) is 105 cm³/mol. The Bertz CT molecular complexity index is 789. The molecule has 1 N–H and O–H groups in total. The molecule has 1 saturated heterocycles. The van der Waals surface area contributed by atoms with Crippen LogP contribution in [0.5, 0.6) is 5.75 Å². The monoisotopic (exact) mass is 365 g/mol. The summed E-state index contributed by atoms with van der Waals surface area (Å²) in [5, 5.41) is 11.3. The molecule has 4 nitrogen and oxygen atoms in total. The molecule has 3 atom stereocenters. The minimum atomic E-state index is -0.670. The van der Waals surface area contributed by atoms with E-state index in [9.17, 15) is 9.90 Å². The van der Waals surface area contributed by atoms with Crippen molar-refractivity contribution in [2.75, 3.05) is 13.7 Å². The van der Waals surface area contributed by atoms with E-state index in [1.807, 2.05) is 59.5 Å². The van der Waals surface area contributed by atoms with Gasteiger partial charge in [-0.1, -0.05) is 43.2 Å². The first-order valence-corrected chi connectivity index (χ1v) is 9.85. The Hall–Kier alpha value is -2.33. The Morgan fingerprint density at radius 3 is 2.52 bits per heavy atom. The lowest BCUT2D eigenvalue weighted by atomic mass is 9.66. The smallest absolute Gasteiger partial charge is 0.254 e. The Kier molecular flexibility index (Phi) is 4.92. The number of nitrogens with zero attached hydrogens (tertiary/aromatic N) is 1. The standard InChI is InChI=1S/C23H27NO3/c1-27-19-12-10-17(11-13-19)21-20-9-5-6-14-23(20,26)15-16-24(21)22(25)18-7-3-2-4-8-18/h2-4,7-8,10-13,20-21,26H,5-6,9,14-16H2,1H3/t20-,21-,23-/m0/s1. The van der Waals surface area contributed by atoms with Crippen molar-refractivity contribution < 1.29 is 14.6 Å². The van der Waals surface area contributed by atoms with E-state index in [2.05, 4.69) is 0 Å². The molecule has 142 valence electrons. The number of ether oxygens (including phenoxy) is 1. The van der Waals surface area contributed by atoms with Crippen molar-refractivity contribution >= 4 is 5.91 Å². The van der Waals surface area contributed by atoms with Crippen molar-refractivity contribution in [3.63, 3.8) is 0 Å². The summed E-state index contributed by atoms with van der Waals surface area (Å²) in [6.07, 6.45) is 4.61. The van der Waals surface area contributed by atoms with Gasteiger partial charge in [0, 0.05) is 18.0 Å². The van der Waals surface area contributed by atoms with Crippen molar-refractivity contribution in [3.8, 4) is 5.75 Å². The highest BCUT2D eigenvalue weighted by atomic mass is 16.5. The number of rotatable bonds is 3. The van der Waals surface area contributed by atoms with Gasteiger partial charge >= 0.3 is 0 Å². The number of fused-ring (bicyclic) bond motifs is 1. The van der Waals surface area contributed by atoms with Gasteiger partial charge in [-0.25, -0.2) is 0 Å². The Labute approximate surface area is 160 Å². The van der Waals surface area contributed by atoms with Gasteiger partial charge in [-0.15, -0.1) is 0 Å². The molecular weight excluding hydrogens is 338 g/mol. The number of likely N-dealkylation sites (tertiary alicyclic amines) is 1. The molecule has 4 heteroatoms. The van der Waals surface area contributed by atoms with E-state index in [1.165, 1.54) is 0 Å². The summed E-state index contributed by atoms with van der Waals surface area (Å²) in [5.41, 5.74) is 1.11. The number of amides is 1. The highest BCUT2D eigenvalue weighted by Gasteiger charge is 2.50. The first kappa shape index (κ1) is 18.1. The summed E-state index contributed by atoms with van der Waals surface area (Å²) in [6, 6.07) is 17.3. The molecule has 4 rings (SSSR count). The van der Waals surface area contributed by atoms with Crippen LogP contribution in [0.4, 0.5) is 0 Å². The third-order valence-electron chi connectivity index (χ3n) is 6.31. The molecule has 0 unspecified atom stereocenters. The lowest BCUT2D eigenvalue weighted by Crippen LogP contribution is -2.56. The average Bonchev–Trinajstić information content (AvgIpc) is 2.73. The van der Waals surface area contributed by atoms with Gasteiger partial charge in [0.1, 0.15) is 5.75 Å². The second-order valence-electron chi connectivity index (χ2n) is 7.79. The minimum Gasteiger partial charge on any atom is -0.497 e.